The van der Waals surface area contributed by atoms with Crippen LogP contribution < -0.4 is 11.1 Å². The number of nitrogens with one attached hydrogen (secondary N) is 1. The van der Waals surface area contributed by atoms with Crippen molar-refractivity contribution < 1.29 is 18.0 Å². The van der Waals surface area contributed by atoms with Gasteiger partial charge in [0.2, 0.25) is 0 Å². The van der Waals surface area contributed by atoms with Crippen LogP contribution >= 0.6 is 11.3 Å². The minimum atomic E-state index is -4.20. The molecule has 0 saturated carbocycles. The number of alkyl halides is 3. The van der Waals surface area contributed by atoms with E-state index >= 15 is 0 Å². The fourth-order valence-corrected chi connectivity index (χ4v) is 3.10. The number of thiophene rings is 1. The number of hydrogen-bond acceptors (Lipinski definition) is 3. The molecule has 3 N–H and O–H groups in total. The first-order valence-electron chi connectivity index (χ1n) is 6.41. The van der Waals surface area contributed by atoms with E-state index in [1.54, 1.807) is 0 Å². The molecule has 7 heteroatoms. The minimum Gasteiger partial charge on any atom is -0.397 e. The first-order chi connectivity index (χ1) is 9.78. The van der Waals surface area contributed by atoms with E-state index in [1.807, 2.05) is 25.1 Å². The lowest BCUT2D eigenvalue weighted by Crippen LogP contribution is -2.25. The molecule has 3 nitrogen and oxygen atoms in total. The highest BCUT2D eigenvalue weighted by molar-refractivity contribution is 7.21. The monoisotopic (exact) mass is 316 g/mol. The molecule has 21 heavy (non-hydrogen) atoms. The van der Waals surface area contributed by atoms with Gasteiger partial charge in [-0.05, 0) is 25.0 Å². The lowest BCUT2D eigenvalue weighted by atomic mass is 10.1. The Kier molecular flexibility index (Phi) is 4.41. The molecule has 0 unspecified atom stereocenters. The number of anilines is 1. The molecule has 1 aromatic carbocycles. The van der Waals surface area contributed by atoms with E-state index in [4.69, 9.17) is 5.73 Å². The molecule has 2 rings (SSSR count). The van der Waals surface area contributed by atoms with Gasteiger partial charge in [-0.25, -0.2) is 0 Å². The first-order valence-corrected chi connectivity index (χ1v) is 7.23. The highest BCUT2D eigenvalue weighted by atomic mass is 32.1. The number of benzene rings is 1. The summed E-state index contributed by atoms with van der Waals surface area (Å²) in [6.45, 7) is 1.91. The van der Waals surface area contributed by atoms with E-state index in [0.29, 0.717) is 10.6 Å². The number of rotatable bonds is 4. The number of amides is 1. The minimum absolute atomic E-state index is 0.0228. The quantitative estimate of drug-likeness (QED) is 0.842. The van der Waals surface area contributed by atoms with E-state index in [1.165, 1.54) is 11.3 Å². The van der Waals surface area contributed by atoms with Crippen molar-refractivity contribution >= 4 is 33.0 Å². The number of hydrogen-bond donors (Lipinski definition) is 2. The maximum Gasteiger partial charge on any atom is 0.389 e. The maximum absolute atomic E-state index is 12.0. The fraction of sp³-hybridized carbons (Fsp3) is 0.357. The smallest absolute Gasteiger partial charge is 0.389 e. The Bertz CT molecular complexity index is 664. The van der Waals surface area contributed by atoms with Gasteiger partial charge in [0.1, 0.15) is 4.88 Å². The third-order valence-electron chi connectivity index (χ3n) is 3.01. The van der Waals surface area contributed by atoms with Crippen molar-refractivity contribution in [1.82, 2.24) is 5.32 Å². The van der Waals surface area contributed by atoms with Crippen LogP contribution in [-0.2, 0) is 0 Å². The number of halogens is 3. The molecule has 1 heterocycles. The van der Waals surface area contributed by atoms with Crippen LogP contribution in [-0.4, -0.2) is 18.6 Å². The van der Waals surface area contributed by atoms with Crippen molar-refractivity contribution in [3.05, 3.63) is 28.6 Å². The van der Waals surface area contributed by atoms with Crippen LogP contribution in [0.15, 0.2) is 18.2 Å². The predicted molar refractivity (Wildman–Crippen MR) is 78.6 cm³/mol. The standard InChI is InChI=1S/C14H15F3N2OS/c1-8-3-4-9-10(7-8)21-12(11(9)18)13(20)19-6-2-5-14(15,16)17/h3-4,7H,2,5-6,18H2,1H3,(H,19,20). The Hall–Kier alpha value is -1.76. The summed E-state index contributed by atoms with van der Waals surface area (Å²) in [4.78, 5) is 12.3. The summed E-state index contributed by atoms with van der Waals surface area (Å²) in [5.74, 6) is -0.423. The molecular weight excluding hydrogens is 301 g/mol. The number of nitrogen functional groups attached to an aromatic ring is 1. The van der Waals surface area contributed by atoms with Crippen LogP contribution in [0.5, 0.6) is 0 Å². The molecule has 0 fully saturated rings. The average molecular weight is 316 g/mol. The molecule has 0 aliphatic rings. The van der Waals surface area contributed by atoms with Crippen LogP contribution in [0.1, 0.15) is 28.1 Å². The summed E-state index contributed by atoms with van der Waals surface area (Å²) < 4.78 is 36.9. The van der Waals surface area contributed by atoms with Crippen LogP contribution in [0.25, 0.3) is 10.1 Å². The summed E-state index contributed by atoms with van der Waals surface area (Å²) in [6, 6.07) is 5.67. The van der Waals surface area contributed by atoms with Crippen molar-refractivity contribution in [2.75, 3.05) is 12.3 Å². The van der Waals surface area contributed by atoms with Gasteiger partial charge >= 0.3 is 6.18 Å². The maximum atomic E-state index is 12.0. The Morgan fingerprint density at radius 2 is 2.10 bits per heavy atom. The summed E-state index contributed by atoms with van der Waals surface area (Å²) in [5.41, 5.74) is 7.37. The van der Waals surface area contributed by atoms with E-state index < -0.39 is 18.5 Å². The molecule has 0 aliphatic heterocycles. The van der Waals surface area contributed by atoms with Gasteiger partial charge in [-0.15, -0.1) is 11.3 Å². The third-order valence-corrected chi connectivity index (χ3v) is 4.18. The van der Waals surface area contributed by atoms with Crippen molar-refractivity contribution in [1.29, 1.82) is 0 Å². The second-order valence-corrected chi connectivity index (χ2v) is 5.87. The van der Waals surface area contributed by atoms with Gasteiger partial charge in [0.15, 0.2) is 0 Å². The molecule has 0 saturated heterocycles. The van der Waals surface area contributed by atoms with Crippen molar-refractivity contribution in [2.45, 2.75) is 25.9 Å². The van der Waals surface area contributed by atoms with Crippen molar-refractivity contribution in [3.8, 4) is 0 Å². The molecule has 114 valence electrons. The van der Waals surface area contributed by atoms with Crippen LogP contribution in [0.4, 0.5) is 18.9 Å². The largest absolute Gasteiger partial charge is 0.397 e. The van der Waals surface area contributed by atoms with Gasteiger partial charge in [-0.1, -0.05) is 12.1 Å². The summed E-state index contributed by atoms with van der Waals surface area (Å²) in [5, 5.41) is 3.28. The molecule has 0 bridgehead atoms. The van der Waals surface area contributed by atoms with Crippen molar-refractivity contribution in [2.24, 2.45) is 0 Å². The van der Waals surface area contributed by atoms with Gasteiger partial charge in [0, 0.05) is 23.1 Å². The number of nitrogens with two attached hydrogens (primary N) is 1. The number of fused-ring (bicyclic) bond motifs is 1. The molecule has 0 radical (unpaired) electrons. The third kappa shape index (κ3) is 3.87. The normalized spacial score (nSPS) is 11.8. The number of carbonyl (C=O) groups is 1. The Labute approximate surface area is 123 Å². The van der Waals surface area contributed by atoms with Crippen molar-refractivity contribution in [3.63, 3.8) is 0 Å². The zero-order valence-electron chi connectivity index (χ0n) is 11.4. The van der Waals surface area contributed by atoms with E-state index in [2.05, 4.69) is 5.32 Å². The van der Waals surface area contributed by atoms with Gasteiger partial charge in [0.25, 0.3) is 5.91 Å². The zero-order chi connectivity index (χ0) is 15.6. The topological polar surface area (TPSA) is 55.1 Å². The highest BCUT2D eigenvalue weighted by Gasteiger charge is 2.26. The summed E-state index contributed by atoms with van der Waals surface area (Å²) in [6.07, 6.45) is -5.24. The summed E-state index contributed by atoms with van der Waals surface area (Å²) in [7, 11) is 0. The molecular formula is C14H15F3N2OS. The molecule has 0 aliphatic carbocycles. The lowest BCUT2D eigenvalue weighted by Gasteiger charge is -2.07. The van der Waals surface area contributed by atoms with Crippen LogP contribution in [0.2, 0.25) is 0 Å². The Morgan fingerprint density at radius 1 is 1.38 bits per heavy atom. The van der Waals surface area contributed by atoms with Crippen LogP contribution in [0.3, 0.4) is 0 Å². The SMILES string of the molecule is Cc1ccc2c(N)c(C(=O)NCCCC(F)(F)F)sc2c1. The van der Waals surface area contributed by atoms with Gasteiger partial charge in [0.05, 0.1) is 5.69 Å². The molecule has 0 atom stereocenters. The second-order valence-electron chi connectivity index (χ2n) is 4.82. The predicted octanol–water partition coefficient (Wildman–Crippen LogP) is 3.86. The molecule has 1 amide bonds. The first kappa shape index (κ1) is 15.6. The molecule has 0 spiro atoms. The highest BCUT2D eigenvalue weighted by Crippen LogP contribution is 2.34. The summed E-state index contributed by atoms with van der Waals surface area (Å²) >= 11 is 1.25. The average Bonchev–Trinajstić information content (AvgIpc) is 2.70. The number of aryl methyl sites for hydroxylation is 1. The van der Waals surface area contributed by atoms with Crippen LogP contribution in [0, 0.1) is 6.92 Å². The van der Waals surface area contributed by atoms with E-state index in [-0.39, 0.29) is 13.0 Å². The van der Waals surface area contributed by atoms with E-state index in [9.17, 15) is 18.0 Å². The second kappa shape index (κ2) is 5.93. The molecule has 2 aromatic rings. The Balaban J connectivity index is 2.04. The van der Waals surface area contributed by atoms with Gasteiger partial charge in [-0.3, -0.25) is 4.79 Å². The van der Waals surface area contributed by atoms with Gasteiger partial charge in [-0.2, -0.15) is 13.2 Å². The van der Waals surface area contributed by atoms with Gasteiger partial charge < -0.3 is 11.1 Å². The van der Waals surface area contributed by atoms with E-state index in [0.717, 1.165) is 15.6 Å². The zero-order valence-corrected chi connectivity index (χ0v) is 12.2. The number of carbonyl (C=O) groups excluding carboxylic acids is 1. The Morgan fingerprint density at radius 3 is 2.76 bits per heavy atom. The molecule has 1 aromatic heterocycles. The lowest BCUT2D eigenvalue weighted by molar-refractivity contribution is -0.135. The fourth-order valence-electron chi connectivity index (χ4n) is 1.96.